The highest BCUT2D eigenvalue weighted by Gasteiger charge is 2.24. The summed E-state index contributed by atoms with van der Waals surface area (Å²) in [6.45, 7) is 2.34. The first-order valence-corrected chi connectivity index (χ1v) is 6.74. The number of methoxy groups -OCH3 is 1. The van der Waals surface area contributed by atoms with Crippen molar-refractivity contribution in [2.75, 3.05) is 33.4 Å². The number of piperidine rings is 1. The molecule has 110 valence electrons. The van der Waals surface area contributed by atoms with Gasteiger partial charge in [0.05, 0.1) is 19.3 Å². The van der Waals surface area contributed by atoms with E-state index in [2.05, 4.69) is 15.3 Å². The van der Waals surface area contributed by atoms with Gasteiger partial charge in [-0.05, 0) is 12.8 Å². The van der Waals surface area contributed by atoms with Crippen molar-refractivity contribution in [1.29, 1.82) is 0 Å². The lowest BCUT2D eigenvalue weighted by molar-refractivity contribution is 0.0964. The summed E-state index contributed by atoms with van der Waals surface area (Å²) in [4.78, 5) is 21.8. The first-order valence-electron chi connectivity index (χ1n) is 6.74. The van der Waals surface area contributed by atoms with Crippen molar-refractivity contribution in [3.63, 3.8) is 0 Å². The van der Waals surface area contributed by atoms with Crippen LogP contribution in [0, 0.1) is 0 Å². The summed E-state index contributed by atoms with van der Waals surface area (Å²) in [5, 5.41) is 2.82. The number of ether oxygens (including phenoxy) is 2. The minimum absolute atomic E-state index is 0.0337. The van der Waals surface area contributed by atoms with Gasteiger partial charge in [-0.25, -0.2) is 9.78 Å². The molecule has 0 spiro atoms. The molecule has 7 heteroatoms. The third-order valence-electron chi connectivity index (χ3n) is 3.07. The predicted octanol–water partition coefficient (Wildman–Crippen LogP) is 0.676. The third kappa shape index (κ3) is 4.34. The number of hydrogen-bond acceptors (Lipinski definition) is 5. The van der Waals surface area contributed by atoms with Crippen molar-refractivity contribution < 1.29 is 14.3 Å². The van der Waals surface area contributed by atoms with Crippen LogP contribution in [0.25, 0.3) is 0 Å². The van der Waals surface area contributed by atoms with Crippen LogP contribution in [0.1, 0.15) is 12.8 Å². The molecule has 1 N–H and O–H groups in total. The van der Waals surface area contributed by atoms with E-state index in [4.69, 9.17) is 9.47 Å². The number of rotatable bonds is 5. The molecule has 0 saturated carbocycles. The van der Waals surface area contributed by atoms with Crippen molar-refractivity contribution in [2.45, 2.75) is 18.9 Å². The van der Waals surface area contributed by atoms with E-state index in [9.17, 15) is 4.79 Å². The van der Waals surface area contributed by atoms with Gasteiger partial charge in [-0.15, -0.1) is 0 Å². The van der Waals surface area contributed by atoms with Crippen LogP contribution in [0.4, 0.5) is 4.79 Å². The van der Waals surface area contributed by atoms with Gasteiger partial charge < -0.3 is 19.7 Å². The molecule has 1 atom stereocenters. The summed E-state index contributed by atoms with van der Waals surface area (Å²) in [6, 6.07) is -0.0745. The van der Waals surface area contributed by atoms with E-state index < -0.39 is 0 Å². The zero-order chi connectivity index (χ0) is 14.2. The third-order valence-corrected chi connectivity index (χ3v) is 3.07. The van der Waals surface area contributed by atoms with Crippen molar-refractivity contribution in [3.05, 3.63) is 18.6 Å². The summed E-state index contributed by atoms with van der Waals surface area (Å²) < 4.78 is 10.6. The highest BCUT2D eigenvalue weighted by atomic mass is 16.5. The van der Waals surface area contributed by atoms with Crippen LogP contribution >= 0.6 is 0 Å². The van der Waals surface area contributed by atoms with Gasteiger partial charge in [0.2, 0.25) is 5.88 Å². The zero-order valence-corrected chi connectivity index (χ0v) is 11.6. The second kappa shape index (κ2) is 7.64. The first-order chi connectivity index (χ1) is 9.79. The van der Waals surface area contributed by atoms with E-state index in [1.54, 1.807) is 30.6 Å². The Morgan fingerprint density at radius 3 is 3.20 bits per heavy atom. The molecular weight excluding hydrogens is 260 g/mol. The molecule has 0 bridgehead atoms. The fraction of sp³-hybridized carbons (Fsp3) is 0.615. The average Bonchev–Trinajstić information content (AvgIpc) is 2.49. The van der Waals surface area contributed by atoms with Crippen molar-refractivity contribution in [3.8, 4) is 5.88 Å². The highest BCUT2D eigenvalue weighted by Crippen LogP contribution is 2.15. The summed E-state index contributed by atoms with van der Waals surface area (Å²) >= 11 is 0. The number of amides is 2. The second-order valence-corrected chi connectivity index (χ2v) is 4.60. The molecule has 1 aromatic rings. The zero-order valence-electron chi connectivity index (χ0n) is 11.6. The van der Waals surface area contributed by atoms with Gasteiger partial charge in [0.25, 0.3) is 0 Å². The van der Waals surface area contributed by atoms with Crippen molar-refractivity contribution in [1.82, 2.24) is 20.2 Å². The average molecular weight is 280 g/mol. The Morgan fingerprint density at radius 2 is 2.45 bits per heavy atom. The maximum absolute atomic E-state index is 11.9. The number of carbonyl (C=O) groups excluding carboxylic acids is 1. The van der Waals surface area contributed by atoms with Crippen LogP contribution in [0.5, 0.6) is 5.88 Å². The smallest absolute Gasteiger partial charge is 0.317 e. The molecule has 2 amide bonds. The van der Waals surface area contributed by atoms with Gasteiger partial charge in [-0.3, -0.25) is 4.98 Å². The Balaban J connectivity index is 1.80. The van der Waals surface area contributed by atoms with E-state index in [0.29, 0.717) is 25.6 Å². The van der Waals surface area contributed by atoms with Gasteiger partial charge in [0.1, 0.15) is 6.10 Å². The molecule has 7 nitrogen and oxygen atoms in total. The Bertz CT molecular complexity index is 415. The molecule has 0 aromatic carbocycles. The van der Waals surface area contributed by atoms with E-state index in [1.807, 2.05) is 0 Å². The number of aromatic nitrogens is 2. The molecule has 20 heavy (non-hydrogen) atoms. The van der Waals surface area contributed by atoms with Crippen LogP contribution in [-0.4, -0.2) is 60.4 Å². The Hall–Kier alpha value is -1.89. The lowest BCUT2D eigenvalue weighted by Gasteiger charge is -2.32. The van der Waals surface area contributed by atoms with E-state index >= 15 is 0 Å². The largest absolute Gasteiger partial charge is 0.471 e. The molecule has 1 saturated heterocycles. The van der Waals surface area contributed by atoms with E-state index in [1.165, 1.54) is 0 Å². The maximum Gasteiger partial charge on any atom is 0.317 e. The lowest BCUT2D eigenvalue weighted by Crippen LogP contribution is -2.49. The Kier molecular flexibility index (Phi) is 5.55. The molecule has 0 radical (unpaired) electrons. The van der Waals surface area contributed by atoms with Gasteiger partial charge in [0, 0.05) is 32.6 Å². The predicted molar refractivity (Wildman–Crippen MR) is 72.5 cm³/mol. The first kappa shape index (κ1) is 14.5. The van der Waals surface area contributed by atoms with E-state index in [0.717, 1.165) is 19.4 Å². The number of urea groups is 1. The Labute approximate surface area is 118 Å². The standard InChI is InChI=1S/C13H20N4O3/c1-19-8-6-16-13(18)17-7-2-3-11(10-17)20-12-9-14-4-5-15-12/h4-5,9,11H,2-3,6-8,10H2,1H3,(H,16,18). The van der Waals surface area contributed by atoms with Crippen LogP contribution < -0.4 is 10.1 Å². The Morgan fingerprint density at radius 1 is 1.55 bits per heavy atom. The van der Waals surface area contributed by atoms with Crippen LogP contribution in [0.2, 0.25) is 0 Å². The summed E-state index contributed by atoms with van der Waals surface area (Å²) in [5.74, 6) is 0.499. The molecule has 2 rings (SSSR count). The molecule has 1 unspecified atom stereocenters. The molecule has 0 aliphatic carbocycles. The number of carbonyl (C=O) groups is 1. The minimum Gasteiger partial charge on any atom is -0.471 e. The van der Waals surface area contributed by atoms with Crippen LogP contribution in [0.15, 0.2) is 18.6 Å². The van der Waals surface area contributed by atoms with E-state index in [-0.39, 0.29) is 12.1 Å². The minimum atomic E-state index is -0.0745. The monoisotopic (exact) mass is 280 g/mol. The highest BCUT2D eigenvalue weighted by molar-refractivity contribution is 5.74. The van der Waals surface area contributed by atoms with Crippen LogP contribution in [0.3, 0.4) is 0 Å². The normalized spacial score (nSPS) is 18.6. The molecule has 1 aliphatic rings. The van der Waals surface area contributed by atoms with Gasteiger partial charge in [0.15, 0.2) is 0 Å². The fourth-order valence-electron chi connectivity index (χ4n) is 2.11. The number of nitrogens with one attached hydrogen (secondary N) is 1. The fourth-order valence-corrected chi connectivity index (χ4v) is 2.11. The van der Waals surface area contributed by atoms with Crippen molar-refractivity contribution >= 4 is 6.03 Å². The molecule has 1 fully saturated rings. The number of nitrogens with zero attached hydrogens (tertiary/aromatic N) is 3. The lowest BCUT2D eigenvalue weighted by atomic mass is 10.1. The van der Waals surface area contributed by atoms with Gasteiger partial charge in [-0.2, -0.15) is 0 Å². The van der Waals surface area contributed by atoms with Crippen LogP contribution in [-0.2, 0) is 4.74 Å². The van der Waals surface area contributed by atoms with Gasteiger partial charge in [-0.1, -0.05) is 0 Å². The second-order valence-electron chi connectivity index (χ2n) is 4.60. The van der Waals surface area contributed by atoms with Crippen molar-refractivity contribution in [2.24, 2.45) is 0 Å². The number of likely N-dealkylation sites (tertiary alicyclic amines) is 1. The summed E-state index contributed by atoms with van der Waals surface area (Å²) in [6.07, 6.45) is 6.57. The molecule has 1 aliphatic heterocycles. The number of hydrogen-bond donors (Lipinski definition) is 1. The summed E-state index contributed by atoms with van der Waals surface area (Å²) in [5.41, 5.74) is 0. The topological polar surface area (TPSA) is 76.6 Å². The summed E-state index contributed by atoms with van der Waals surface area (Å²) in [7, 11) is 1.61. The molecule has 2 heterocycles. The maximum atomic E-state index is 11.9. The molecular formula is C13H20N4O3. The SMILES string of the molecule is COCCNC(=O)N1CCCC(Oc2cnccn2)C1. The quantitative estimate of drug-likeness (QED) is 0.802. The molecule has 1 aromatic heterocycles. The van der Waals surface area contributed by atoms with Gasteiger partial charge >= 0.3 is 6.03 Å².